The van der Waals surface area contributed by atoms with Crippen molar-refractivity contribution in [2.75, 3.05) is 25.7 Å². The molecule has 10 nitrogen and oxygen atoms in total. The van der Waals surface area contributed by atoms with Gasteiger partial charge in [0, 0.05) is 25.4 Å². The number of ether oxygens (including phenoxy) is 4. The molecule has 11 heteroatoms. The lowest BCUT2D eigenvalue weighted by atomic mass is 10.2. The lowest BCUT2D eigenvalue weighted by Gasteiger charge is -2.23. The van der Waals surface area contributed by atoms with Crippen LogP contribution in [0.3, 0.4) is 0 Å². The maximum Gasteiger partial charge on any atom is 0.411 e. The van der Waals surface area contributed by atoms with Crippen LogP contribution in [-0.4, -0.2) is 73.1 Å². The average Bonchev–Trinajstić information content (AvgIpc) is 2.55. The van der Waals surface area contributed by atoms with Gasteiger partial charge in [-0.3, -0.25) is 0 Å². The number of rotatable bonds is 9. The quantitative estimate of drug-likeness (QED) is 0.315. The molecule has 0 bridgehead atoms. The van der Waals surface area contributed by atoms with Gasteiger partial charge in [0.15, 0.2) is 0 Å². The van der Waals surface area contributed by atoms with E-state index in [0.29, 0.717) is 0 Å². The molecule has 0 radical (unpaired) electrons. The van der Waals surface area contributed by atoms with E-state index in [-0.39, 0.29) is 11.5 Å². The highest BCUT2D eigenvalue weighted by Crippen LogP contribution is 2.12. The molecule has 0 aromatic heterocycles. The Morgan fingerprint density at radius 3 is 1.52 bits per heavy atom. The van der Waals surface area contributed by atoms with Crippen molar-refractivity contribution in [3.05, 3.63) is 6.92 Å². The number of methoxy groups -OCH3 is 2. The Labute approximate surface area is 175 Å². The van der Waals surface area contributed by atoms with Crippen LogP contribution in [-0.2, 0) is 28.5 Å². The molecule has 29 heavy (non-hydrogen) atoms. The number of hydrogen-bond acceptors (Lipinski definition) is 9. The van der Waals surface area contributed by atoms with Gasteiger partial charge in [-0.05, 0) is 20.8 Å². The highest BCUT2D eigenvalue weighted by atomic mass is 32.2. The van der Waals surface area contributed by atoms with Crippen LogP contribution < -0.4 is 10.6 Å². The summed E-state index contributed by atoms with van der Waals surface area (Å²) < 4.78 is 19.5. The highest BCUT2D eigenvalue weighted by Gasteiger charge is 2.29. The summed E-state index contributed by atoms with van der Waals surface area (Å²) in [4.78, 5) is 47.6. The summed E-state index contributed by atoms with van der Waals surface area (Å²) in [5.41, 5.74) is -1.72. The predicted octanol–water partition coefficient (Wildman–Crippen LogP) is 1.67. The molecule has 0 saturated heterocycles. The highest BCUT2D eigenvalue weighted by molar-refractivity contribution is 7.99. The lowest BCUT2D eigenvalue weighted by molar-refractivity contribution is -0.143. The summed E-state index contributed by atoms with van der Waals surface area (Å²) in [5.74, 6) is -1.24. The van der Waals surface area contributed by atoms with E-state index in [1.165, 1.54) is 14.2 Å². The van der Waals surface area contributed by atoms with Crippen LogP contribution in [0.2, 0.25) is 0 Å². The number of thioether (sulfide) groups is 1. The van der Waals surface area contributed by atoms with Gasteiger partial charge in [0.25, 0.3) is 0 Å². The summed E-state index contributed by atoms with van der Waals surface area (Å²) in [6, 6.07) is -2.04. The number of esters is 2. The van der Waals surface area contributed by atoms with Crippen LogP contribution >= 0.6 is 11.8 Å². The molecule has 0 spiro atoms. The van der Waals surface area contributed by atoms with E-state index >= 15 is 0 Å². The van der Waals surface area contributed by atoms with E-state index in [9.17, 15) is 19.2 Å². The number of carbonyl (C=O) groups excluding carboxylic acids is 4. The molecule has 166 valence electrons. The second-order valence-electron chi connectivity index (χ2n) is 7.63. The Morgan fingerprint density at radius 2 is 1.21 bits per heavy atom. The molecule has 2 N–H and O–H groups in total. The second kappa shape index (κ2) is 11.6. The predicted molar refractivity (Wildman–Crippen MR) is 107 cm³/mol. The zero-order chi connectivity index (χ0) is 22.8. The molecule has 2 amide bonds. The molecule has 2 atom stereocenters. The zero-order valence-corrected chi connectivity index (χ0v) is 18.8. The first kappa shape index (κ1) is 26.7. The van der Waals surface area contributed by atoms with Gasteiger partial charge in [0.2, 0.25) is 5.60 Å². The van der Waals surface area contributed by atoms with Gasteiger partial charge in [-0.15, -0.1) is 0 Å². The third-order valence-electron chi connectivity index (χ3n) is 2.89. The largest absolute Gasteiger partial charge is 0.467 e. The Balaban J connectivity index is 4.89. The first-order valence-electron chi connectivity index (χ1n) is 8.76. The molecular weight excluding hydrogens is 404 g/mol. The first-order valence-corrected chi connectivity index (χ1v) is 9.91. The minimum Gasteiger partial charge on any atom is -0.467 e. The monoisotopic (exact) mass is 435 g/mol. The second-order valence-corrected chi connectivity index (χ2v) is 8.70. The topological polar surface area (TPSA) is 129 Å². The van der Waals surface area contributed by atoms with E-state index in [4.69, 9.17) is 9.47 Å². The van der Waals surface area contributed by atoms with Crippen LogP contribution in [0.5, 0.6) is 0 Å². The van der Waals surface area contributed by atoms with Gasteiger partial charge in [-0.2, -0.15) is 11.8 Å². The van der Waals surface area contributed by atoms with E-state index in [2.05, 4.69) is 27.0 Å². The Morgan fingerprint density at radius 1 is 0.828 bits per heavy atom. The van der Waals surface area contributed by atoms with E-state index < -0.39 is 47.4 Å². The van der Waals surface area contributed by atoms with E-state index in [1.807, 2.05) is 0 Å². The normalized spacial score (nSPS) is 13.5. The molecule has 0 heterocycles. The molecule has 0 saturated carbocycles. The van der Waals surface area contributed by atoms with Gasteiger partial charge >= 0.3 is 24.1 Å². The number of alkyl carbamates (subject to hydrolysis) is 2. The van der Waals surface area contributed by atoms with Crippen LogP contribution in [0.25, 0.3) is 0 Å². The minimum absolute atomic E-state index is 0.0584. The summed E-state index contributed by atoms with van der Waals surface area (Å²) in [6.07, 6.45) is -1.62. The SMILES string of the molecule is [CH2+]C(C)(C)OC(=O)NC(CSCC(NC(=O)OC(C)(C)C)C(=O)OC)C(=O)OC. The van der Waals surface area contributed by atoms with Gasteiger partial charge < -0.3 is 29.6 Å². The van der Waals surface area contributed by atoms with Crippen molar-refractivity contribution in [2.24, 2.45) is 0 Å². The fraction of sp³-hybridized carbons (Fsp3) is 0.722. The molecule has 0 aliphatic heterocycles. The Bertz CT molecular complexity index is 533. The third kappa shape index (κ3) is 12.7. The summed E-state index contributed by atoms with van der Waals surface area (Å²) in [6.45, 7) is 11.9. The summed E-state index contributed by atoms with van der Waals surface area (Å²) in [5, 5.41) is 4.81. The van der Waals surface area contributed by atoms with E-state index in [1.54, 1.807) is 34.6 Å². The zero-order valence-electron chi connectivity index (χ0n) is 18.0. The lowest BCUT2D eigenvalue weighted by Crippen LogP contribution is -2.47. The third-order valence-corrected chi connectivity index (χ3v) is 4.03. The molecule has 0 aliphatic carbocycles. The van der Waals surface area contributed by atoms with Gasteiger partial charge in [0.05, 0.1) is 14.2 Å². The van der Waals surface area contributed by atoms with Crippen LogP contribution in [0, 0.1) is 6.92 Å². The van der Waals surface area contributed by atoms with E-state index in [0.717, 1.165) is 11.8 Å². The van der Waals surface area contributed by atoms with Gasteiger partial charge in [0.1, 0.15) is 24.6 Å². The van der Waals surface area contributed by atoms with Crippen molar-refractivity contribution in [1.82, 2.24) is 10.6 Å². The number of hydrogen-bond donors (Lipinski definition) is 2. The molecule has 0 fully saturated rings. The Kier molecular flexibility index (Phi) is 10.7. The van der Waals surface area contributed by atoms with Crippen LogP contribution in [0.15, 0.2) is 0 Å². The summed E-state index contributed by atoms with van der Waals surface area (Å²) in [7, 11) is 2.37. The van der Waals surface area contributed by atoms with Crippen molar-refractivity contribution < 1.29 is 38.1 Å². The first-order chi connectivity index (χ1) is 13.2. The molecular formula is C18H31N2O8S+. The van der Waals surface area contributed by atoms with Crippen molar-refractivity contribution in [2.45, 2.75) is 57.9 Å². The molecule has 0 aromatic rings. The number of carbonyl (C=O) groups is 4. The van der Waals surface area contributed by atoms with Crippen LogP contribution in [0.1, 0.15) is 34.6 Å². The minimum atomic E-state index is -1.03. The molecule has 2 unspecified atom stereocenters. The van der Waals surface area contributed by atoms with Crippen LogP contribution in [0.4, 0.5) is 9.59 Å². The molecule has 0 aromatic carbocycles. The average molecular weight is 436 g/mol. The van der Waals surface area contributed by atoms with Gasteiger partial charge in [-0.1, -0.05) is 0 Å². The maximum absolute atomic E-state index is 11.9. The fourth-order valence-electron chi connectivity index (χ4n) is 1.80. The molecule has 0 aliphatic rings. The van der Waals surface area contributed by atoms with Gasteiger partial charge in [-0.25, -0.2) is 19.2 Å². The van der Waals surface area contributed by atoms with Crippen molar-refractivity contribution in [3.63, 3.8) is 0 Å². The fourth-order valence-corrected chi connectivity index (χ4v) is 2.84. The standard InChI is InChI=1S/C18H30N2O8S/c1-17(2,3)27-15(23)19-11(13(21)25-7)9-29-10-12(14(22)26-8)20-16(24)28-18(4,5)6/h11-12H,1,9-10H2,2-8H3,(H-,19,20,23,24)/p+1. The van der Waals surface area contributed by atoms with Crippen molar-refractivity contribution in [1.29, 1.82) is 0 Å². The van der Waals surface area contributed by atoms with Crippen molar-refractivity contribution >= 4 is 35.9 Å². The number of nitrogens with one attached hydrogen (secondary N) is 2. The number of amides is 2. The Hall–Kier alpha value is -2.30. The molecule has 0 rings (SSSR count). The smallest absolute Gasteiger partial charge is 0.411 e. The van der Waals surface area contributed by atoms with Crippen molar-refractivity contribution in [3.8, 4) is 0 Å². The maximum atomic E-state index is 11.9. The summed E-state index contributed by atoms with van der Waals surface area (Å²) >= 11 is 1.12.